The molecule has 1 aliphatic rings. The lowest BCUT2D eigenvalue weighted by Crippen LogP contribution is -2.55. The van der Waals surface area contributed by atoms with Crippen LogP contribution >= 0.6 is 0 Å². The van der Waals surface area contributed by atoms with Crippen LogP contribution in [0.3, 0.4) is 0 Å². The van der Waals surface area contributed by atoms with E-state index in [-0.39, 0.29) is 5.92 Å². The third kappa shape index (κ3) is 1.54. The fourth-order valence-electron chi connectivity index (χ4n) is 1.50. The van der Waals surface area contributed by atoms with Gasteiger partial charge in [0.2, 0.25) is 0 Å². The lowest BCUT2D eigenvalue weighted by molar-refractivity contribution is -0.114. The summed E-state index contributed by atoms with van der Waals surface area (Å²) in [5, 5.41) is 27.7. The second kappa shape index (κ2) is 3.06. The maximum Gasteiger partial charge on any atom is 0.107 e. The molecule has 11 heavy (non-hydrogen) atoms. The first-order valence-corrected chi connectivity index (χ1v) is 3.84. The molecule has 0 spiro atoms. The minimum absolute atomic E-state index is 0.0385. The van der Waals surface area contributed by atoms with Crippen LogP contribution in [0.25, 0.3) is 0 Å². The fraction of sp³-hybridized carbons (Fsp3) is 1.00. The van der Waals surface area contributed by atoms with E-state index in [0.717, 1.165) is 0 Å². The number of rotatable bonds is 0. The van der Waals surface area contributed by atoms with Crippen molar-refractivity contribution in [2.24, 2.45) is 11.7 Å². The highest BCUT2D eigenvalue weighted by molar-refractivity contribution is 4.92. The van der Waals surface area contributed by atoms with Gasteiger partial charge in [0.05, 0.1) is 12.2 Å². The first kappa shape index (κ1) is 8.93. The van der Waals surface area contributed by atoms with Crippen LogP contribution in [-0.2, 0) is 0 Å². The predicted molar refractivity (Wildman–Crippen MR) is 39.8 cm³/mol. The normalized spacial score (nSPS) is 52.6. The van der Waals surface area contributed by atoms with Gasteiger partial charge < -0.3 is 21.1 Å². The minimum Gasteiger partial charge on any atom is -0.390 e. The zero-order valence-electron chi connectivity index (χ0n) is 6.51. The number of hydrogen-bond acceptors (Lipinski definition) is 4. The summed E-state index contributed by atoms with van der Waals surface area (Å²) >= 11 is 0. The van der Waals surface area contributed by atoms with Crippen molar-refractivity contribution in [1.29, 1.82) is 0 Å². The molecule has 0 aromatic rings. The van der Waals surface area contributed by atoms with Crippen LogP contribution in [-0.4, -0.2) is 39.7 Å². The molecular formula is C7H15NO3. The molecule has 0 heterocycles. The molecule has 5 atom stereocenters. The van der Waals surface area contributed by atoms with Gasteiger partial charge in [-0.05, 0) is 12.3 Å². The van der Waals surface area contributed by atoms with Crippen LogP contribution in [0.2, 0.25) is 0 Å². The van der Waals surface area contributed by atoms with E-state index >= 15 is 0 Å². The topological polar surface area (TPSA) is 86.7 Å². The van der Waals surface area contributed by atoms with Crippen LogP contribution in [0.5, 0.6) is 0 Å². The van der Waals surface area contributed by atoms with Crippen LogP contribution in [0.1, 0.15) is 13.3 Å². The summed E-state index contributed by atoms with van der Waals surface area (Å²) in [7, 11) is 0. The summed E-state index contributed by atoms with van der Waals surface area (Å²) in [5.74, 6) is -0.0385. The molecule has 0 saturated heterocycles. The van der Waals surface area contributed by atoms with E-state index in [1.807, 2.05) is 0 Å². The Kier molecular flexibility index (Phi) is 2.49. The maximum atomic E-state index is 9.27. The zero-order chi connectivity index (χ0) is 8.59. The minimum atomic E-state index is -1.09. The van der Waals surface area contributed by atoms with Gasteiger partial charge >= 0.3 is 0 Å². The molecule has 1 aliphatic carbocycles. The predicted octanol–water partition coefficient (Wildman–Crippen LogP) is -1.56. The van der Waals surface area contributed by atoms with Gasteiger partial charge in [0.1, 0.15) is 6.10 Å². The third-order valence-corrected chi connectivity index (χ3v) is 2.37. The van der Waals surface area contributed by atoms with Crippen LogP contribution < -0.4 is 5.73 Å². The van der Waals surface area contributed by atoms with Gasteiger partial charge in [-0.15, -0.1) is 0 Å². The second-order valence-corrected chi connectivity index (χ2v) is 3.35. The molecule has 1 saturated carbocycles. The molecule has 66 valence electrons. The Morgan fingerprint density at radius 3 is 2.18 bits per heavy atom. The first-order chi connectivity index (χ1) is 5.04. The van der Waals surface area contributed by atoms with Crippen molar-refractivity contribution in [3.05, 3.63) is 0 Å². The molecule has 4 heteroatoms. The van der Waals surface area contributed by atoms with Crippen molar-refractivity contribution in [3.63, 3.8) is 0 Å². The highest BCUT2D eigenvalue weighted by atomic mass is 16.4. The quantitative estimate of drug-likeness (QED) is 0.346. The average Bonchev–Trinajstić information content (AvgIpc) is 1.97. The smallest absolute Gasteiger partial charge is 0.107 e. The largest absolute Gasteiger partial charge is 0.390 e. The SMILES string of the molecule is C[C@@H]1C[C@H](N)[C@@H](O)[C@H](O)[C@@H]1O. The van der Waals surface area contributed by atoms with Crippen LogP contribution in [0.4, 0.5) is 0 Å². The van der Waals surface area contributed by atoms with Gasteiger partial charge in [0.25, 0.3) is 0 Å². The molecule has 5 N–H and O–H groups in total. The molecule has 1 rings (SSSR count). The van der Waals surface area contributed by atoms with Crippen molar-refractivity contribution in [1.82, 2.24) is 0 Å². The first-order valence-electron chi connectivity index (χ1n) is 3.84. The number of hydrogen-bond donors (Lipinski definition) is 4. The monoisotopic (exact) mass is 161 g/mol. The van der Waals surface area contributed by atoms with E-state index in [4.69, 9.17) is 5.73 Å². The second-order valence-electron chi connectivity index (χ2n) is 3.35. The number of nitrogens with two attached hydrogens (primary N) is 1. The Morgan fingerprint density at radius 2 is 1.64 bits per heavy atom. The molecule has 0 aromatic carbocycles. The fourth-order valence-corrected chi connectivity index (χ4v) is 1.50. The summed E-state index contributed by atoms with van der Waals surface area (Å²) in [6.45, 7) is 1.81. The summed E-state index contributed by atoms with van der Waals surface area (Å²) in [6.07, 6.45) is -2.36. The Labute approximate surface area is 65.6 Å². The van der Waals surface area contributed by atoms with E-state index in [2.05, 4.69) is 0 Å². The third-order valence-electron chi connectivity index (χ3n) is 2.37. The molecule has 0 amide bonds. The van der Waals surface area contributed by atoms with E-state index in [9.17, 15) is 15.3 Å². The highest BCUT2D eigenvalue weighted by Crippen LogP contribution is 2.23. The number of aliphatic hydroxyl groups excluding tert-OH is 3. The van der Waals surface area contributed by atoms with Gasteiger partial charge in [-0.3, -0.25) is 0 Å². The molecule has 0 aliphatic heterocycles. The van der Waals surface area contributed by atoms with Crippen molar-refractivity contribution in [2.75, 3.05) is 0 Å². The lowest BCUT2D eigenvalue weighted by Gasteiger charge is -2.37. The highest BCUT2D eigenvalue weighted by Gasteiger charge is 2.38. The summed E-state index contributed by atoms with van der Waals surface area (Å²) in [5.41, 5.74) is 5.50. The summed E-state index contributed by atoms with van der Waals surface area (Å²) in [6, 6.07) is -0.414. The molecule has 0 bridgehead atoms. The van der Waals surface area contributed by atoms with Gasteiger partial charge in [-0.2, -0.15) is 0 Å². The van der Waals surface area contributed by atoms with Crippen molar-refractivity contribution in [2.45, 2.75) is 37.7 Å². The maximum absolute atomic E-state index is 9.27. The van der Waals surface area contributed by atoms with Crippen molar-refractivity contribution < 1.29 is 15.3 Å². The zero-order valence-corrected chi connectivity index (χ0v) is 6.51. The van der Waals surface area contributed by atoms with Gasteiger partial charge in [0.15, 0.2) is 0 Å². The molecule has 0 aromatic heterocycles. The van der Waals surface area contributed by atoms with Crippen molar-refractivity contribution in [3.8, 4) is 0 Å². The van der Waals surface area contributed by atoms with E-state index in [1.165, 1.54) is 0 Å². The van der Waals surface area contributed by atoms with Gasteiger partial charge in [0, 0.05) is 6.04 Å². The Bertz CT molecular complexity index is 128. The van der Waals surface area contributed by atoms with Crippen LogP contribution in [0.15, 0.2) is 0 Å². The summed E-state index contributed by atoms with van der Waals surface area (Å²) < 4.78 is 0. The van der Waals surface area contributed by atoms with Crippen LogP contribution in [0, 0.1) is 5.92 Å². The Balaban J connectivity index is 2.63. The van der Waals surface area contributed by atoms with E-state index in [1.54, 1.807) is 6.92 Å². The average molecular weight is 161 g/mol. The van der Waals surface area contributed by atoms with Crippen molar-refractivity contribution >= 4 is 0 Å². The summed E-state index contributed by atoms with van der Waals surface area (Å²) in [4.78, 5) is 0. The lowest BCUT2D eigenvalue weighted by atomic mass is 9.81. The standard InChI is InChI=1S/C7H15NO3/c1-3-2-4(8)6(10)7(11)5(3)9/h3-7,9-11H,2,8H2,1H3/t3-,4+,5-,6-,7-/m1/s1. The molecule has 0 radical (unpaired) electrons. The van der Waals surface area contributed by atoms with E-state index in [0.29, 0.717) is 6.42 Å². The van der Waals surface area contributed by atoms with Gasteiger partial charge in [-0.25, -0.2) is 0 Å². The van der Waals surface area contributed by atoms with Gasteiger partial charge in [-0.1, -0.05) is 6.92 Å². The Morgan fingerprint density at radius 1 is 1.09 bits per heavy atom. The Hall–Kier alpha value is -0.160. The molecular weight excluding hydrogens is 146 g/mol. The molecule has 4 nitrogen and oxygen atoms in total. The molecule has 0 unspecified atom stereocenters. The molecule has 1 fully saturated rings. The van der Waals surface area contributed by atoms with E-state index < -0.39 is 24.4 Å². The number of aliphatic hydroxyl groups is 3.